The summed E-state index contributed by atoms with van der Waals surface area (Å²) in [4.78, 5) is 8.36. The molecular formula is C27H45F3N3OP. The van der Waals surface area contributed by atoms with Gasteiger partial charge in [0.2, 0.25) is 0 Å². The van der Waals surface area contributed by atoms with Crippen LogP contribution in [-0.4, -0.2) is 29.2 Å². The molecule has 0 bridgehead atoms. The zero-order valence-electron chi connectivity index (χ0n) is 22.3. The van der Waals surface area contributed by atoms with E-state index in [1.54, 1.807) is 19.9 Å². The molecule has 1 aliphatic heterocycles. The molecule has 200 valence electrons. The van der Waals surface area contributed by atoms with E-state index in [9.17, 15) is 18.3 Å². The molecule has 1 heterocycles. The molecule has 1 aromatic rings. The Balaban J connectivity index is 0.000000644. The van der Waals surface area contributed by atoms with Crippen LogP contribution in [0.4, 0.5) is 13.2 Å². The molecule has 0 fully saturated rings. The van der Waals surface area contributed by atoms with Crippen LogP contribution < -0.4 is 5.73 Å². The van der Waals surface area contributed by atoms with E-state index in [4.69, 9.17) is 5.73 Å². The summed E-state index contributed by atoms with van der Waals surface area (Å²) in [5.41, 5.74) is 3.57. The van der Waals surface area contributed by atoms with Crippen LogP contribution in [0.1, 0.15) is 97.6 Å². The minimum absolute atomic E-state index is 0.265. The molecule has 0 amide bonds. The van der Waals surface area contributed by atoms with Gasteiger partial charge in [-0.3, -0.25) is 4.99 Å². The summed E-state index contributed by atoms with van der Waals surface area (Å²) in [5, 5.41) is 9.96. The van der Waals surface area contributed by atoms with Crippen molar-refractivity contribution in [2.75, 3.05) is 6.54 Å². The van der Waals surface area contributed by atoms with Crippen LogP contribution in [0.25, 0.3) is 0 Å². The summed E-state index contributed by atoms with van der Waals surface area (Å²) in [6, 6.07) is 3.68. The second kappa shape index (κ2) is 17.5. The zero-order chi connectivity index (χ0) is 27.0. The van der Waals surface area contributed by atoms with Crippen LogP contribution in [0.3, 0.4) is 0 Å². The fourth-order valence-electron chi connectivity index (χ4n) is 2.98. The molecule has 0 radical (unpaired) electrons. The van der Waals surface area contributed by atoms with Gasteiger partial charge >= 0.3 is 0 Å². The monoisotopic (exact) mass is 515 g/mol. The Bertz CT molecular complexity index is 833. The van der Waals surface area contributed by atoms with E-state index >= 15 is 0 Å². The van der Waals surface area contributed by atoms with Gasteiger partial charge in [0.15, 0.2) is 0 Å². The van der Waals surface area contributed by atoms with Gasteiger partial charge in [0.25, 0.3) is 5.66 Å². The Kier molecular flexibility index (Phi) is 16.6. The summed E-state index contributed by atoms with van der Waals surface area (Å²) in [6.45, 7) is 12.3. The second-order valence-electron chi connectivity index (χ2n) is 8.92. The molecule has 2 rings (SSSR count). The summed E-state index contributed by atoms with van der Waals surface area (Å²) in [7, 11) is 1.43. The maximum absolute atomic E-state index is 13.2. The average molecular weight is 516 g/mol. The van der Waals surface area contributed by atoms with Gasteiger partial charge in [0, 0.05) is 11.1 Å². The van der Waals surface area contributed by atoms with Gasteiger partial charge in [0.1, 0.15) is 11.6 Å². The maximum Gasteiger partial charge on any atom is 0.284 e. The van der Waals surface area contributed by atoms with E-state index < -0.39 is 11.8 Å². The molecule has 1 aromatic carbocycles. The number of aliphatic imine (C=N–C) groups is 2. The number of phenols is 1. The number of benzene rings is 1. The normalized spacial score (nSPS) is 15.2. The predicted molar refractivity (Wildman–Crippen MR) is 148 cm³/mol. The Hall–Kier alpha value is -1.88. The van der Waals surface area contributed by atoms with Crippen LogP contribution in [0.2, 0.25) is 0 Å². The fourth-order valence-corrected chi connectivity index (χ4v) is 3.16. The first kappa shape index (κ1) is 33.1. The summed E-state index contributed by atoms with van der Waals surface area (Å²) in [6.07, 6.45) is 10.1. The SMILES string of the molecule is CC1=NC(N)=CCN=C1c1ccc(C(F)(F)P)cc1O.CCC(C)F.CCCCCCC(C)CC. The molecule has 3 atom stereocenters. The first-order valence-corrected chi connectivity index (χ1v) is 13.1. The van der Waals surface area contributed by atoms with Gasteiger partial charge in [0.05, 0.1) is 24.1 Å². The van der Waals surface area contributed by atoms with Crippen LogP contribution in [-0.2, 0) is 5.66 Å². The largest absolute Gasteiger partial charge is 0.507 e. The second-order valence-corrected chi connectivity index (χ2v) is 9.65. The number of nitrogens with two attached hydrogens (primary N) is 1. The number of halogens is 3. The van der Waals surface area contributed by atoms with Crippen molar-refractivity contribution >= 4 is 20.7 Å². The molecule has 0 aliphatic carbocycles. The number of rotatable bonds is 9. The Labute approximate surface area is 212 Å². The lowest BCUT2D eigenvalue weighted by Crippen LogP contribution is -2.14. The van der Waals surface area contributed by atoms with E-state index in [2.05, 4.69) is 30.8 Å². The summed E-state index contributed by atoms with van der Waals surface area (Å²) in [5.74, 6) is 1.03. The Morgan fingerprint density at radius 1 is 1.11 bits per heavy atom. The number of aromatic hydroxyl groups is 1. The van der Waals surface area contributed by atoms with Crippen LogP contribution >= 0.6 is 9.24 Å². The highest BCUT2D eigenvalue weighted by atomic mass is 31.0. The fraction of sp³-hybridized carbons (Fsp3) is 0.630. The minimum atomic E-state index is -3.09. The van der Waals surface area contributed by atoms with E-state index in [0.29, 0.717) is 35.8 Å². The van der Waals surface area contributed by atoms with Gasteiger partial charge in [-0.15, -0.1) is 0 Å². The standard InChI is InChI=1S/C13H14F2N3OP.C10H22.C4H9F/c1-7-12(17-5-4-11(16)18-7)9-3-2-8(6-10(9)19)13(14,15)20;1-4-6-7-8-9-10(3)5-2;1-3-4(2)5/h2-4,6,19H,5,16,20H2,1H3;10H,4-9H2,1-3H3;4H,3H2,1-2H3. The molecular weight excluding hydrogens is 470 g/mol. The van der Waals surface area contributed by atoms with Crippen molar-refractivity contribution < 1.29 is 18.3 Å². The molecule has 0 saturated carbocycles. The van der Waals surface area contributed by atoms with Gasteiger partial charge < -0.3 is 10.8 Å². The highest BCUT2D eigenvalue weighted by Gasteiger charge is 2.26. The van der Waals surface area contributed by atoms with Crippen molar-refractivity contribution in [2.24, 2.45) is 21.6 Å². The zero-order valence-corrected chi connectivity index (χ0v) is 23.4. The quantitative estimate of drug-likeness (QED) is 0.257. The molecule has 3 N–H and O–H groups in total. The highest BCUT2D eigenvalue weighted by molar-refractivity contribution is 7.17. The Morgan fingerprint density at radius 2 is 1.74 bits per heavy atom. The van der Waals surface area contributed by atoms with Crippen molar-refractivity contribution in [2.45, 2.75) is 98.3 Å². The van der Waals surface area contributed by atoms with Crippen molar-refractivity contribution in [3.05, 3.63) is 41.2 Å². The maximum atomic E-state index is 13.2. The van der Waals surface area contributed by atoms with Gasteiger partial charge in [-0.25, -0.2) is 9.38 Å². The summed E-state index contributed by atoms with van der Waals surface area (Å²) >= 11 is 0. The van der Waals surface area contributed by atoms with Crippen molar-refractivity contribution in [3.8, 4) is 5.75 Å². The number of hydrogen-bond acceptors (Lipinski definition) is 4. The van der Waals surface area contributed by atoms with E-state index in [1.165, 1.54) is 59.9 Å². The lowest BCUT2D eigenvalue weighted by atomic mass is 10.0. The van der Waals surface area contributed by atoms with E-state index in [1.807, 2.05) is 6.92 Å². The first-order valence-electron chi connectivity index (χ1n) is 12.6. The van der Waals surface area contributed by atoms with Crippen LogP contribution in [0.5, 0.6) is 5.75 Å². The number of alkyl halides is 3. The average Bonchev–Trinajstić information content (AvgIpc) is 2.96. The van der Waals surface area contributed by atoms with Gasteiger partial charge in [-0.05, 0) is 44.4 Å². The molecule has 1 aliphatic rings. The third-order valence-corrected chi connectivity index (χ3v) is 5.97. The summed E-state index contributed by atoms with van der Waals surface area (Å²) < 4.78 is 37.8. The minimum Gasteiger partial charge on any atom is -0.507 e. The topological polar surface area (TPSA) is 71.0 Å². The third-order valence-electron chi connectivity index (χ3n) is 5.64. The van der Waals surface area contributed by atoms with E-state index in [0.717, 1.165) is 12.0 Å². The van der Waals surface area contributed by atoms with Crippen molar-refractivity contribution in [3.63, 3.8) is 0 Å². The number of unbranched alkanes of at least 4 members (excludes halogenated alkanes) is 3. The highest BCUT2D eigenvalue weighted by Crippen LogP contribution is 2.37. The third kappa shape index (κ3) is 14.3. The molecule has 0 spiro atoms. The molecule has 3 unspecified atom stereocenters. The smallest absolute Gasteiger partial charge is 0.284 e. The Morgan fingerprint density at radius 3 is 2.23 bits per heavy atom. The molecule has 0 saturated heterocycles. The van der Waals surface area contributed by atoms with Crippen molar-refractivity contribution in [1.82, 2.24) is 0 Å². The number of hydrogen-bond donors (Lipinski definition) is 2. The van der Waals surface area contributed by atoms with E-state index in [-0.39, 0.29) is 11.3 Å². The number of nitrogens with zero attached hydrogens (tertiary/aromatic N) is 2. The molecule has 8 heteroatoms. The number of phenolic OH excluding ortho intramolecular Hbond substituents is 1. The van der Waals surface area contributed by atoms with Gasteiger partial charge in [-0.1, -0.05) is 81.5 Å². The van der Waals surface area contributed by atoms with Gasteiger partial charge in [-0.2, -0.15) is 8.78 Å². The lowest BCUT2D eigenvalue weighted by molar-refractivity contribution is 0.103. The van der Waals surface area contributed by atoms with Crippen LogP contribution in [0.15, 0.2) is 40.1 Å². The molecule has 4 nitrogen and oxygen atoms in total. The van der Waals surface area contributed by atoms with Crippen LogP contribution in [0, 0.1) is 5.92 Å². The predicted octanol–water partition coefficient (Wildman–Crippen LogP) is 8.14. The lowest BCUT2D eigenvalue weighted by Gasteiger charge is -2.13. The first-order chi connectivity index (χ1) is 16.4. The molecule has 35 heavy (non-hydrogen) atoms. The van der Waals surface area contributed by atoms with Crippen molar-refractivity contribution in [1.29, 1.82) is 0 Å². The molecule has 0 aromatic heterocycles.